The van der Waals surface area contributed by atoms with Crippen LogP contribution in [0.4, 0.5) is 0 Å². The van der Waals surface area contributed by atoms with Crippen LogP contribution in [0.2, 0.25) is 0 Å². The molecule has 0 spiro atoms. The van der Waals surface area contributed by atoms with Crippen molar-refractivity contribution in [2.24, 2.45) is 5.73 Å². The predicted molar refractivity (Wildman–Crippen MR) is 80.4 cm³/mol. The molecule has 1 aromatic heterocycles. The number of halogens is 1. The Balaban J connectivity index is 2.17. The zero-order chi connectivity index (χ0) is 13.9. The van der Waals surface area contributed by atoms with Gasteiger partial charge < -0.3 is 5.73 Å². The number of benzene rings is 1. The van der Waals surface area contributed by atoms with Gasteiger partial charge in [-0.3, -0.25) is 0 Å². The average molecular weight is 361 g/mol. The lowest BCUT2D eigenvalue weighted by molar-refractivity contribution is 0.580. The van der Waals surface area contributed by atoms with E-state index in [9.17, 15) is 8.42 Å². The standard InChI is InChI=1S/C12H13BrN2O2S2/c13-10-4-2-1-3-9(10)8-15-19(16,17)12-5-6-18-11(12)7-14/h1-6,15H,7-8,14H2. The van der Waals surface area contributed by atoms with Crippen molar-refractivity contribution in [3.8, 4) is 0 Å². The van der Waals surface area contributed by atoms with Crippen LogP contribution >= 0.6 is 27.3 Å². The molecular formula is C12H13BrN2O2S2. The molecule has 7 heteroatoms. The van der Waals surface area contributed by atoms with Gasteiger partial charge in [0.25, 0.3) is 0 Å². The Bertz CT molecular complexity index is 668. The van der Waals surface area contributed by atoms with Gasteiger partial charge in [0.1, 0.15) is 0 Å². The minimum absolute atomic E-state index is 0.225. The van der Waals surface area contributed by atoms with Gasteiger partial charge in [-0.2, -0.15) is 0 Å². The first kappa shape index (κ1) is 14.7. The molecule has 0 amide bonds. The molecule has 2 rings (SSSR count). The highest BCUT2D eigenvalue weighted by atomic mass is 79.9. The third-order valence-electron chi connectivity index (χ3n) is 2.59. The third kappa shape index (κ3) is 3.43. The van der Waals surface area contributed by atoms with Crippen LogP contribution in [-0.2, 0) is 23.1 Å². The number of nitrogens with two attached hydrogens (primary N) is 1. The van der Waals surface area contributed by atoms with Crippen molar-refractivity contribution >= 4 is 37.3 Å². The van der Waals surface area contributed by atoms with Gasteiger partial charge in [-0.05, 0) is 23.1 Å². The zero-order valence-electron chi connectivity index (χ0n) is 9.97. The lowest BCUT2D eigenvalue weighted by Gasteiger charge is -2.08. The largest absolute Gasteiger partial charge is 0.326 e. The Kier molecular flexibility index (Phi) is 4.75. The number of hydrogen-bond donors (Lipinski definition) is 2. The molecule has 102 valence electrons. The van der Waals surface area contributed by atoms with Gasteiger partial charge in [0.15, 0.2) is 0 Å². The summed E-state index contributed by atoms with van der Waals surface area (Å²) in [6.07, 6.45) is 0. The smallest absolute Gasteiger partial charge is 0.242 e. The fraction of sp³-hybridized carbons (Fsp3) is 0.167. The highest BCUT2D eigenvalue weighted by Gasteiger charge is 2.18. The quantitative estimate of drug-likeness (QED) is 0.859. The highest BCUT2D eigenvalue weighted by Crippen LogP contribution is 2.22. The second-order valence-electron chi connectivity index (χ2n) is 3.83. The summed E-state index contributed by atoms with van der Waals surface area (Å²) in [5.74, 6) is 0. The minimum atomic E-state index is -3.52. The molecular weight excluding hydrogens is 348 g/mol. The summed E-state index contributed by atoms with van der Waals surface area (Å²) in [4.78, 5) is 0.937. The lowest BCUT2D eigenvalue weighted by atomic mass is 10.2. The molecule has 3 N–H and O–H groups in total. The molecule has 0 radical (unpaired) electrons. The van der Waals surface area contributed by atoms with Crippen molar-refractivity contribution in [2.75, 3.05) is 0 Å². The molecule has 0 aliphatic rings. The normalized spacial score (nSPS) is 11.7. The minimum Gasteiger partial charge on any atom is -0.326 e. The molecule has 0 aliphatic heterocycles. The van der Waals surface area contributed by atoms with Gasteiger partial charge >= 0.3 is 0 Å². The summed E-state index contributed by atoms with van der Waals surface area (Å²) < 4.78 is 27.8. The first-order chi connectivity index (χ1) is 9.04. The maximum atomic E-state index is 12.2. The van der Waals surface area contributed by atoms with Crippen molar-refractivity contribution in [1.29, 1.82) is 0 Å². The van der Waals surface area contributed by atoms with Crippen molar-refractivity contribution < 1.29 is 8.42 Å². The Hall–Kier alpha value is -0.730. The van der Waals surface area contributed by atoms with Crippen molar-refractivity contribution in [1.82, 2.24) is 4.72 Å². The van der Waals surface area contributed by atoms with E-state index in [-0.39, 0.29) is 18.0 Å². The SMILES string of the molecule is NCc1sccc1S(=O)(=O)NCc1ccccc1Br. The summed E-state index contributed by atoms with van der Waals surface area (Å²) in [5, 5.41) is 1.73. The summed E-state index contributed by atoms with van der Waals surface area (Å²) in [7, 11) is -3.52. The maximum Gasteiger partial charge on any atom is 0.242 e. The van der Waals surface area contributed by atoms with Crippen LogP contribution in [-0.4, -0.2) is 8.42 Å². The van der Waals surface area contributed by atoms with E-state index in [2.05, 4.69) is 20.7 Å². The second-order valence-corrected chi connectivity index (χ2v) is 7.42. The fourth-order valence-corrected chi connectivity index (χ4v) is 4.37. The number of sulfonamides is 1. The van der Waals surface area contributed by atoms with E-state index in [1.165, 1.54) is 11.3 Å². The first-order valence-electron chi connectivity index (χ1n) is 5.54. The van der Waals surface area contributed by atoms with Gasteiger partial charge in [-0.1, -0.05) is 34.1 Å². The van der Waals surface area contributed by atoms with Crippen molar-refractivity contribution in [3.63, 3.8) is 0 Å². The molecule has 2 aromatic rings. The molecule has 0 saturated carbocycles. The van der Waals surface area contributed by atoms with Gasteiger partial charge in [0, 0.05) is 22.4 Å². The van der Waals surface area contributed by atoms with E-state index in [1.807, 2.05) is 24.3 Å². The molecule has 1 heterocycles. The van der Waals surface area contributed by atoms with Gasteiger partial charge in [0.2, 0.25) is 10.0 Å². The molecule has 0 bridgehead atoms. The number of thiophene rings is 1. The van der Waals surface area contributed by atoms with Crippen LogP contribution in [0.15, 0.2) is 45.1 Å². The molecule has 0 aliphatic carbocycles. The van der Waals surface area contributed by atoms with Crippen LogP contribution in [0.25, 0.3) is 0 Å². The van der Waals surface area contributed by atoms with Crippen molar-refractivity contribution in [3.05, 3.63) is 50.6 Å². The molecule has 1 aromatic carbocycles. The number of hydrogen-bond acceptors (Lipinski definition) is 4. The summed E-state index contributed by atoms with van der Waals surface area (Å²) >= 11 is 4.74. The molecule has 0 fully saturated rings. The summed E-state index contributed by atoms with van der Waals surface area (Å²) in [5.41, 5.74) is 6.42. The van der Waals surface area contributed by atoms with Gasteiger partial charge in [-0.15, -0.1) is 11.3 Å². The lowest BCUT2D eigenvalue weighted by Crippen LogP contribution is -2.24. The first-order valence-corrected chi connectivity index (χ1v) is 8.69. The number of rotatable bonds is 5. The van der Waals surface area contributed by atoms with E-state index in [0.29, 0.717) is 4.88 Å². The zero-order valence-corrected chi connectivity index (χ0v) is 13.2. The summed E-state index contributed by atoms with van der Waals surface area (Å²) in [6, 6.07) is 9.07. The van der Waals surface area contributed by atoms with E-state index < -0.39 is 10.0 Å². The van der Waals surface area contributed by atoms with E-state index >= 15 is 0 Å². The second kappa shape index (κ2) is 6.15. The molecule has 0 unspecified atom stereocenters. The maximum absolute atomic E-state index is 12.2. The van der Waals surface area contributed by atoms with Crippen LogP contribution in [0.5, 0.6) is 0 Å². The summed E-state index contributed by atoms with van der Waals surface area (Å²) in [6.45, 7) is 0.465. The van der Waals surface area contributed by atoms with E-state index in [4.69, 9.17) is 5.73 Å². The molecule has 0 atom stereocenters. The van der Waals surface area contributed by atoms with Crippen LogP contribution < -0.4 is 10.5 Å². The van der Waals surface area contributed by atoms with Gasteiger partial charge in [-0.25, -0.2) is 13.1 Å². The highest BCUT2D eigenvalue weighted by molar-refractivity contribution is 9.10. The van der Waals surface area contributed by atoms with Crippen molar-refractivity contribution in [2.45, 2.75) is 18.0 Å². The molecule has 4 nitrogen and oxygen atoms in total. The number of nitrogens with one attached hydrogen (secondary N) is 1. The Labute approximate surface area is 124 Å². The van der Waals surface area contributed by atoms with Crippen LogP contribution in [0.1, 0.15) is 10.4 Å². The Morgan fingerprint density at radius 1 is 1.26 bits per heavy atom. The van der Waals surface area contributed by atoms with E-state index in [1.54, 1.807) is 11.4 Å². The molecule has 19 heavy (non-hydrogen) atoms. The third-order valence-corrected chi connectivity index (χ3v) is 5.92. The predicted octanol–water partition coefficient (Wildman–Crippen LogP) is 2.45. The topological polar surface area (TPSA) is 72.2 Å². The monoisotopic (exact) mass is 360 g/mol. The van der Waals surface area contributed by atoms with Crippen LogP contribution in [0, 0.1) is 0 Å². The Morgan fingerprint density at radius 3 is 2.68 bits per heavy atom. The Morgan fingerprint density at radius 2 is 2.00 bits per heavy atom. The van der Waals surface area contributed by atoms with Gasteiger partial charge in [0.05, 0.1) is 4.90 Å². The van der Waals surface area contributed by atoms with E-state index in [0.717, 1.165) is 10.0 Å². The average Bonchev–Trinajstić information content (AvgIpc) is 2.87. The fourth-order valence-electron chi connectivity index (χ4n) is 1.61. The molecule has 0 saturated heterocycles. The van der Waals surface area contributed by atoms with Crippen LogP contribution in [0.3, 0.4) is 0 Å².